The Morgan fingerprint density at radius 3 is 2.46 bits per heavy atom. The summed E-state index contributed by atoms with van der Waals surface area (Å²) in [5.41, 5.74) is 2.49. The molecule has 0 atom stereocenters. The molecule has 3 rings (SSSR count). The highest BCUT2D eigenvalue weighted by Crippen LogP contribution is 2.35. The highest BCUT2D eigenvalue weighted by atomic mass is 16.5. The number of nitrogens with zero attached hydrogens (tertiary/aromatic N) is 3. The predicted octanol–water partition coefficient (Wildman–Crippen LogP) is 4.68. The molecule has 0 spiro atoms. The summed E-state index contributed by atoms with van der Waals surface area (Å²) in [5.74, 6) is 1.38. The van der Waals surface area contributed by atoms with E-state index in [1.807, 2.05) is 19.1 Å². The number of methoxy groups -OCH3 is 2. The molecule has 6 nitrogen and oxygen atoms in total. The average Bonchev–Trinajstić information content (AvgIpc) is 2.61. The third-order valence-corrected chi connectivity index (χ3v) is 3.60. The topological polar surface area (TPSA) is 76.3 Å². The number of rotatable bonds is 4. The van der Waals surface area contributed by atoms with Gasteiger partial charge in [0.05, 0.1) is 19.9 Å². The maximum Gasteiger partial charge on any atom is 0.146 e. The molecule has 2 aromatic carbocycles. The van der Waals surface area contributed by atoms with Gasteiger partial charge < -0.3 is 14.6 Å². The molecule has 0 unspecified atom stereocenters. The van der Waals surface area contributed by atoms with E-state index in [9.17, 15) is 5.11 Å². The van der Waals surface area contributed by atoms with Crippen molar-refractivity contribution in [1.29, 1.82) is 0 Å². The molecule has 0 aliphatic carbocycles. The Morgan fingerprint density at radius 1 is 0.917 bits per heavy atom. The summed E-state index contributed by atoms with van der Waals surface area (Å²) in [6.07, 6.45) is 0. The Morgan fingerprint density at radius 2 is 1.71 bits per heavy atom. The number of phenols is 1. The van der Waals surface area contributed by atoms with Crippen LogP contribution >= 0.6 is 0 Å². The van der Waals surface area contributed by atoms with Crippen molar-refractivity contribution in [2.45, 2.75) is 6.92 Å². The molecular weight excluding hydrogens is 306 g/mol. The van der Waals surface area contributed by atoms with E-state index in [0.717, 1.165) is 11.1 Å². The average molecular weight is 323 g/mol. The van der Waals surface area contributed by atoms with Gasteiger partial charge in [-0.15, -0.1) is 10.2 Å². The van der Waals surface area contributed by atoms with Crippen LogP contribution in [0.3, 0.4) is 0 Å². The van der Waals surface area contributed by atoms with E-state index < -0.39 is 0 Å². The molecule has 1 heterocycles. The molecule has 0 aliphatic heterocycles. The lowest BCUT2D eigenvalue weighted by Crippen LogP contribution is -1.86. The maximum absolute atomic E-state index is 9.98. The zero-order valence-electron chi connectivity index (χ0n) is 13.6. The smallest absolute Gasteiger partial charge is 0.146 e. The molecule has 0 aliphatic rings. The normalized spacial score (nSPS) is 11.1. The van der Waals surface area contributed by atoms with Gasteiger partial charge in [-0.1, -0.05) is 0 Å². The summed E-state index contributed by atoms with van der Waals surface area (Å²) in [6.45, 7) is 1.87. The second kappa shape index (κ2) is 6.54. The fourth-order valence-electron chi connectivity index (χ4n) is 2.36. The molecule has 0 radical (unpaired) electrons. The van der Waals surface area contributed by atoms with E-state index >= 15 is 0 Å². The Kier molecular flexibility index (Phi) is 4.29. The van der Waals surface area contributed by atoms with E-state index in [0.29, 0.717) is 28.4 Å². The van der Waals surface area contributed by atoms with Gasteiger partial charge in [0.25, 0.3) is 0 Å². The number of pyridine rings is 1. The van der Waals surface area contributed by atoms with Crippen molar-refractivity contribution in [3.8, 4) is 17.2 Å². The Hall–Kier alpha value is -3.15. The minimum absolute atomic E-state index is 0.117. The number of aromatic nitrogens is 1. The Bertz CT molecular complexity index is 923. The molecule has 122 valence electrons. The van der Waals surface area contributed by atoms with Crippen molar-refractivity contribution in [2.75, 3.05) is 14.2 Å². The van der Waals surface area contributed by atoms with Gasteiger partial charge in [0, 0.05) is 17.1 Å². The lowest BCUT2D eigenvalue weighted by atomic mass is 10.1. The molecule has 0 saturated carbocycles. The van der Waals surface area contributed by atoms with Crippen LogP contribution < -0.4 is 9.47 Å². The SMILES string of the molecule is COc1ccc(OC)c(N=Nc2ccc(O)c3nc(C)ccc23)c1. The number of ether oxygens (including phenoxy) is 2. The van der Waals surface area contributed by atoms with Gasteiger partial charge in [-0.25, -0.2) is 4.98 Å². The third kappa shape index (κ3) is 2.99. The fraction of sp³-hybridized carbons (Fsp3) is 0.167. The van der Waals surface area contributed by atoms with Gasteiger partial charge >= 0.3 is 0 Å². The molecule has 1 aromatic heterocycles. The van der Waals surface area contributed by atoms with Gasteiger partial charge in [-0.2, -0.15) is 0 Å². The van der Waals surface area contributed by atoms with Crippen molar-refractivity contribution < 1.29 is 14.6 Å². The first-order valence-corrected chi connectivity index (χ1v) is 7.35. The van der Waals surface area contributed by atoms with Crippen LogP contribution in [0, 0.1) is 6.92 Å². The number of phenolic OH excluding ortho intramolecular Hbond substituents is 1. The first-order chi connectivity index (χ1) is 11.6. The lowest BCUT2D eigenvalue weighted by Gasteiger charge is -2.07. The molecular formula is C18H17N3O3. The molecule has 0 fully saturated rings. The van der Waals surface area contributed by atoms with Crippen LogP contribution in [-0.2, 0) is 0 Å². The zero-order chi connectivity index (χ0) is 17.1. The van der Waals surface area contributed by atoms with E-state index in [4.69, 9.17) is 9.47 Å². The highest BCUT2D eigenvalue weighted by Gasteiger charge is 2.08. The number of hydrogen-bond acceptors (Lipinski definition) is 6. The van der Waals surface area contributed by atoms with Gasteiger partial charge in [0.15, 0.2) is 0 Å². The fourth-order valence-corrected chi connectivity index (χ4v) is 2.36. The third-order valence-electron chi connectivity index (χ3n) is 3.60. The number of azo groups is 1. The summed E-state index contributed by atoms with van der Waals surface area (Å²) >= 11 is 0. The van der Waals surface area contributed by atoms with E-state index in [-0.39, 0.29) is 5.75 Å². The van der Waals surface area contributed by atoms with Crippen LogP contribution in [0.25, 0.3) is 10.9 Å². The highest BCUT2D eigenvalue weighted by molar-refractivity contribution is 5.93. The maximum atomic E-state index is 9.98. The van der Waals surface area contributed by atoms with Crippen LogP contribution in [0.4, 0.5) is 11.4 Å². The number of benzene rings is 2. The summed E-state index contributed by atoms with van der Waals surface area (Å²) < 4.78 is 10.5. The van der Waals surface area contributed by atoms with E-state index in [2.05, 4.69) is 15.2 Å². The summed E-state index contributed by atoms with van der Waals surface area (Å²) in [6, 6.07) is 12.3. The van der Waals surface area contributed by atoms with Crippen molar-refractivity contribution in [2.24, 2.45) is 10.2 Å². The van der Waals surface area contributed by atoms with Crippen molar-refractivity contribution in [3.05, 3.63) is 48.2 Å². The standard InChI is InChI=1S/C18H17N3O3/c1-11-4-6-13-14(7-8-16(22)18(13)19-11)20-21-15-10-12(23-2)5-9-17(15)24-3/h4-10,22H,1-3H3. The largest absolute Gasteiger partial charge is 0.506 e. The summed E-state index contributed by atoms with van der Waals surface area (Å²) in [5, 5.41) is 19.3. The number of aryl methyl sites for hydroxylation is 1. The van der Waals surface area contributed by atoms with Crippen molar-refractivity contribution in [3.63, 3.8) is 0 Å². The predicted molar refractivity (Wildman–Crippen MR) is 91.9 cm³/mol. The minimum atomic E-state index is 0.117. The second-order valence-corrected chi connectivity index (χ2v) is 5.19. The zero-order valence-corrected chi connectivity index (χ0v) is 13.6. The van der Waals surface area contributed by atoms with Gasteiger partial charge in [-0.3, -0.25) is 0 Å². The molecule has 6 heteroatoms. The molecule has 24 heavy (non-hydrogen) atoms. The van der Waals surface area contributed by atoms with E-state index in [1.54, 1.807) is 44.6 Å². The monoisotopic (exact) mass is 323 g/mol. The number of fused-ring (bicyclic) bond motifs is 1. The van der Waals surface area contributed by atoms with Gasteiger partial charge in [0.2, 0.25) is 0 Å². The molecule has 1 N–H and O–H groups in total. The second-order valence-electron chi connectivity index (χ2n) is 5.19. The van der Waals surface area contributed by atoms with Crippen LogP contribution in [0.5, 0.6) is 17.2 Å². The molecule has 0 bridgehead atoms. The van der Waals surface area contributed by atoms with Gasteiger partial charge in [0.1, 0.15) is 28.5 Å². The minimum Gasteiger partial charge on any atom is -0.506 e. The van der Waals surface area contributed by atoms with Crippen molar-refractivity contribution >= 4 is 22.3 Å². The Labute approximate surface area is 139 Å². The van der Waals surface area contributed by atoms with Gasteiger partial charge in [-0.05, 0) is 43.3 Å². The Balaban J connectivity index is 2.07. The lowest BCUT2D eigenvalue weighted by molar-refractivity contribution is 0.404. The van der Waals surface area contributed by atoms with Crippen molar-refractivity contribution in [1.82, 2.24) is 4.98 Å². The van der Waals surface area contributed by atoms with E-state index in [1.165, 1.54) is 0 Å². The molecule has 0 amide bonds. The van der Waals surface area contributed by atoms with Crippen LogP contribution in [0.15, 0.2) is 52.7 Å². The van der Waals surface area contributed by atoms with Crippen LogP contribution in [0.2, 0.25) is 0 Å². The van der Waals surface area contributed by atoms with Crippen LogP contribution in [-0.4, -0.2) is 24.3 Å². The van der Waals surface area contributed by atoms with Crippen LogP contribution in [0.1, 0.15) is 5.69 Å². The molecule has 3 aromatic rings. The summed E-state index contributed by atoms with van der Waals surface area (Å²) in [4.78, 5) is 4.36. The first kappa shape index (κ1) is 15.7. The number of hydrogen-bond donors (Lipinski definition) is 1. The summed E-state index contributed by atoms with van der Waals surface area (Å²) in [7, 11) is 3.16. The quantitative estimate of drug-likeness (QED) is 0.707. The molecule has 0 saturated heterocycles. The first-order valence-electron chi connectivity index (χ1n) is 7.35. The number of aromatic hydroxyl groups is 1.